The van der Waals surface area contributed by atoms with E-state index >= 15 is 0 Å². The predicted octanol–water partition coefficient (Wildman–Crippen LogP) is 2.23. The van der Waals surface area contributed by atoms with Gasteiger partial charge < -0.3 is 24.8 Å². The number of likely N-dealkylation sites (N-methyl/N-ethyl adjacent to an activating group) is 1. The number of nitrogens with one attached hydrogen (secondary N) is 1. The molecule has 0 amide bonds. The number of nitrogens with zero attached hydrogens (tertiary/aromatic N) is 1. The van der Waals surface area contributed by atoms with Crippen LogP contribution in [0.3, 0.4) is 0 Å². The van der Waals surface area contributed by atoms with Gasteiger partial charge in [-0.05, 0) is 37.0 Å². The highest BCUT2D eigenvalue weighted by Gasteiger charge is 2.12. The Hall–Kier alpha value is -0.950. The zero-order chi connectivity index (χ0) is 17.8. The van der Waals surface area contributed by atoms with Crippen molar-refractivity contribution in [2.45, 2.75) is 26.5 Å². The number of methoxy groups -OCH3 is 1. The molecule has 1 atom stereocenters. The van der Waals surface area contributed by atoms with Crippen LogP contribution >= 0.6 is 11.8 Å². The maximum absolute atomic E-state index is 10.1. The fourth-order valence-electron chi connectivity index (χ4n) is 2.37. The van der Waals surface area contributed by atoms with E-state index in [-0.39, 0.29) is 6.61 Å². The van der Waals surface area contributed by atoms with E-state index in [0.29, 0.717) is 18.0 Å². The van der Waals surface area contributed by atoms with Gasteiger partial charge in [0.05, 0.1) is 7.11 Å². The first-order chi connectivity index (χ1) is 11.6. The Morgan fingerprint density at radius 3 is 2.62 bits per heavy atom. The third-order valence-corrected chi connectivity index (χ3v) is 4.45. The Kier molecular flexibility index (Phi) is 10.9. The number of ether oxygens (including phenoxy) is 2. The summed E-state index contributed by atoms with van der Waals surface area (Å²) in [6, 6.07) is 5.92. The van der Waals surface area contributed by atoms with Crippen LogP contribution in [-0.4, -0.2) is 68.0 Å². The van der Waals surface area contributed by atoms with E-state index in [1.165, 1.54) is 0 Å². The molecule has 0 aliphatic rings. The maximum Gasteiger partial charge on any atom is 0.161 e. The van der Waals surface area contributed by atoms with Gasteiger partial charge in [0.15, 0.2) is 11.5 Å². The Balaban J connectivity index is 2.52. The van der Waals surface area contributed by atoms with Crippen LogP contribution in [0.4, 0.5) is 0 Å². The van der Waals surface area contributed by atoms with Gasteiger partial charge in [0.25, 0.3) is 0 Å². The van der Waals surface area contributed by atoms with Crippen molar-refractivity contribution >= 4 is 11.8 Å². The van der Waals surface area contributed by atoms with Gasteiger partial charge in [-0.3, -0.25) is 0 Å². The van der Waals surface area contributed by atoms with E-state index in [4.69, 9.17) is 9.47 Å². The molecule has 0 aliphatic carbocycles. The second kappa shape index (κ2) is 12.4. The highest BCUT2D eigenvalue weighted by atomic mass is 32.2. The zero-order valence-corrected chi connectivity index (χ0v) is 16.2. The van der Waals surface area contributed by atoms with E-state index in [1.807, 2.05) is 30.0 Å². The Bertz CT molecular complexity index is 456. The Morgan fingerprint density at radius 2 is 2.00 bits per heavy atom. The van der Waals surface area contributed by atoms with Gasteiger partial charge in [-0.25, -0.2) is 0 Å². The van der Waals surface area contributed by atoms with Crippen molar-refractivity contribution in [3.63, 3.8) is 0 Å². The number of rotatable bonds is 13. The molecule has 0 heterocycles. The highest BCUT2D eigenvalue weighted by Crippen LogP contribution is 2.28. The van der Waals surface area contributed by atoms with E-state index in [2.05, 4.69) is 30.3 Å². The summed E-state index contributed by atoms with van der Waals surface area (Å²) in [5, 5.41) is 13.5. The van der Waals surface area contributed by atoms with Crippen LogP contribution in [0.15, 0.2) is 18.2 Å². The third kappa shape index (κ3) is 7.75. The van der Waals surface area contributed by atoms with Gasteiger partial charge in [0, 0.05) is 25.4 Å². The van der Waals surface area contributed by atoms with Crippen LogP contribution in [0.25, 0.3) is 0 Å². The molecule has 0 fully saturated rings. The zero-order valence-electron chi connectivity index (χ0n) is 15.4. The monoisotopic (exact) mass is 356 g/mol. The van der Waals surface area contributed by atoms with Crippen molar-refractivity contribution in [3.05, 3.63) is 23.8 Å². The first-order valence-electron chi connectivity index (χ1n) is 8.54. The first kappa shape index (κ1) is 21.1. The summed E-state index contributed by atoms with van der Waals surface area (Å²) in [4.78, 5) is 2.18. The standard InChI is InChI=1S/C18H32N2O3S/c1-5-20(6-2)13-16(21)14-23-17-8-7-15(11-18(17)22-3)12-19-9-10-24-4/h7-8,11,16,19,21H,5-6,9-10,12-14H2,1-4H3/t16-/m1/s1. The van der Waals surface area contributed by atoms with Crippen LogP contribution in [0.5, 0.6) is 11.5 Å². The normalized spacial score (nSPS) is 12.4. The molecule has 138 valence electrons. The average Bonchev–Trinajstić information content (AvgIpc) is 2.61. The van der Waals surface area contributed by atoms with Crippen molar-refractivity contribution in [2.75, 3.05) is 51.9 Å². The second-order valence-electron chi connectivity index (χ2n) is 5.61. The predicted molar refractivity (Wildman–Crippen MR) is 102 cm³/mol. The maximum atomic E-state index is 10.1. The fraction of sp³-hybridized carbons (Fsp3) is 0.667. The van der Waals surface area contributed by atoms with Crippen LogP contribution in [0, 0.1) is 0 Å². The quantitative estimate of drug-likeness (QED) is 0.529. The van der Waals surface area contributed by atoms with E-state index in [9.17, 15) is 5.11 Å². The van der Waals surface area contributed by atoms with E-state index < -0.39 is 6.10 Å². The number of thioether (sulfide) groups is 1. The lowest BCUT2D eigenvalue weighted by molar-refractivity contribution is 0.0705. The molecule has 0 aliphatic heterocycles. The number of aliphatic hydroxyl groups is 1. The van der Waals surface area contributed by atoms with Crippen LogP contribution in [-0.2, 0) is 6.54 Å². The van der Waals surface area contributed by atoms with Gasteiger partial charge in [0.1, 0.15) is 12.7 Å². The fourth-order valence-corrected chi connectivity index (χ4v) is 2.72. The van der Waals surface area contributed by atoms with Crippen molar-refractivity contribution < 1.29 is 14.6 Å². The van der Waals surface area contributed by atoms with Gasteiger partial charge in [0.2, 0.25) is 0 Å². The molecule has 1 aromatic carbocycles. The topological polar surface area (TPSA) is 54.0 Å². The molecule has 0 saturated carbocycles. The minimum Gasteiger partial charge on any atom is -0.493 e. The second-order valence-corrected chi connectivity index (χ2v) is 6.59. The number of aliphatic hydroxyl groups excluding tert-OH is 1. The summed E-state index contributed by atoms with van der Waals surface area (Å²) in [6.07, 6.45) is 1.59. The van der Waals surface area contributed by atoms with Crippen LogP contribution in [0.2, 0.25) is 0 Å². The number of hydrogen-bond donors (Lipinski definition) is 2. The SMILES string of the molecule is CCN(CC)C[C@@H](O)COc1ccc(CNCCSC)cc1OC. The van der Waals surface area contributed by atoms with Crippen molar-refractivity contribution in [1.82, 2.24) is 10.2 Å². The molecule has 0 radical (unpaired) electrons. The Labute approximate surface area is 150 Å². The third-order valence-electron chi connectivity index (χ3n) is 3.83. The molecule has 0 spiro atoms. The molecule has 1 rings (SSSR count). The Morgan fingerprint density at radius 1 is 1.25 bits per heavy atom. The van der Waals surface area contributed by atoms with Crippen molar-refractivity contribution in [2.24, 2.45) is 0 Å². The van der Waals surface area contributed by atoms with Gasteiger partial charge in [-0.1, -0.05) is 19.9 Å². The number of hydrogen-bond acceptors (Lipinski definition) is 6. The molecule has 0 bridgehead atoms. The van der Waals surface area contributed by atoms with Crippen molar-refractivity contribution in [1.29, 1.82) is 0 Å². The minimum absolute atomic E-state index is 0.262. The van der Waals surface area contributed by atoms with Gasteiger partial charge >= 0.3 is 0 Å². The molecular weight excluding hydrogens is 324 g/mol. The largest absolute Gasteiger partial charge is 0.493 e. The smallest absolute Gasteiger partial charge is 0.161 e. The molecular formula is C18H32N2O3S. The molecule has 0 unspecified atom stereocenters. The first-order valence-corrected chi connectivity index (χ1v) is 9.93. The summed E-state index contributed by atoms with van der Waals surface area (Å²) in [5.74, 6) is 2.47. The minimum atomic E-state index is -0.512. The van der Waals surface area contributed by atoms with E-state index in [1.54, 1.807) is 7.11 Å². The summed E-state index contributed by atoms with van der Waals surface area (Å²) in [7, 11) is 1.64. The molecule has 1 aromatic rings. The molecule has 24 heavy (non-hydrogen) atoms. The molecule has 0 saturated heterocycles. The number of benzene rings is 1. The lowest BCUT2D eigenvalue weighted by Crippen LogP contribution is -2.35. The van der Waals surface area contributed by atoms with Crippen LogP contribution < -0.4 is 14.8 Å². The molecule has 0 aromatic heterocycles. The molecule has 2 N–H and O–H groups in total. The highest BCUT2D eigenvalue weighted by molar-refractivity contribution is 7.98. The van der Waals surface area contributed by atoms with Crippen LogP contribution in [0.1, 0.15) is 19.4 Å². The summed E-state index contributed by atoms with van der Waals surface area (Å²) in [6.45, 7) is 8.70. The summed E-state index contributed by atoms with van der Waals surface area (Å²) >= 11 is 1.83. The molecule has 5 nitrogen and oxygen atoms in total. The van der Waals surface area contributed by atoms with E-state index in [0.717, 1.165) is 37.5 Å². The van der Waals surface area contributed by atoms with Crippen molar-refractivity contribution in [3.8, 4) is 11.5 Å². The summed E-state index contributed by atoms with van der Waals surface area (Å²) in [5.41, 5.74) is 1.16. The molecule has 6 heteroatoms. The lowest BCUT2D eigenvalue weighted by atomic mass is 10.2. The summed E-state index contributed by atoms with van der Waals surface area (Å²) < 4.78 is 11.2. The lowest BCUT2D eigenvalue weighted by Gasteiger charge is -2.22. The van der Waals surface area contributed by atoms with Gasteiger partial charge in [-0.2, -0.15) is 11.8 Å². The van der Waals surface area contributed by atoms with Gasteiger partial charge in [-0.15, -0.1) is 0 Å². The average molecular weight is 357 g/mol.